The van der Waals surface area contributed by atoms with E-state index in [4.69, 9.17) is 4.74 Å². The van der Waals surface area contributed by atoms with Crippen LogP contribution >= 0.6 is 0 Å². The molecular weight excluding hydrogens is 369 g/mol. The van der Waals surface area contributed by atoms with Gasteiger partial charge in [-0.2, -0.15) is 0 Å². The van der Waals surface area contributed by atoms with Crippen LogP contribution in [0.3, 0.4) is 0 Å². The van der Waals surface area contributed by atoms with Crippen LogP contribution in [0.25, 0.3) is 0 Å². The molecule has 1 saturated heterocycles. The zero-order valence-electron chi connectivity index (χ0n) is 16.9. The van der Waals surface area contributed by atoms with Crippen molar-refractivity contribution in [2.75, 3.05) is 6.61 Å². The molecule has 3 rings (SSSR count). The number of carbonyl (C=O) groups excluding carboxylic acids is 2. The van der Waals surface area contributed by atoms with Gasteiger partial charge in [0.05, 0.1) is 6.04 Å². The van der Waals surface area contributed by atoms with Crippen LogP contribution in [-0.2, 0) is 22.4 Å². The fourth-order valence-corrected chi connectivity index (χ4v) is 3.87. The predicted molar refractivity (Wildman–Crippen MR) is 110 cm³/mol. The molecule has 2 aromatic rings. The average Bonchev–Trinajstić information content (AvgIpc) is 3.06. The molecule has 4 nitrogen and oxygen atoms in total. The summed E-state index contributed by atoms with van der Waals surface area (Å²) in [5, 5.41) is 0. The van der Waals surface area contributed by atoms with Crippen molar-refractivity contribution in [2.45, 2.75) is 39.2 Å². The smallest absolute Gasteiger partial charge is 0.416 e. The maximum absolute atomic E-state index is 14.0. The van der Waals surface area contributed by atoms with E-state index in [-0.39, 0.29) is 24.4 Å². The Kier molecular flexibility index (Phi) is 6.47. The minimum atomic E-state index is -0.600. The van der Waals surface area contributed by atoms with Gasteiger partial charge in [-0.25, -0.2) is 14.1 Å². The first kappa shape index (κ1) is 20.8. The summed E-state index contributed by atoms with van der Waals surface area (Å²) in [5.41, 5.74) is 3.01. The lowest BCUT2D eigenvalue weighted by atomic mass is 9.92. The number of imide groups is 1. The van der Waals surface area contributed by atoms with Crippen LogP contribution in [0.1, 0.15) is 28.7 Å². The number of rotatable bonds is 7. The molecule has 1 aliphatic rings. The molecule has 1 heterocycles. The minimum absolute atomic E-state index is 0.190. The summed E-state index contributed by atoms with van der Waals surface area (Å²) in [5.74, 6) is -0.958. The zero-order valence-corrected chi connectivity index (χ0v) is 16.9. The first-order valence-corrected chi connectivity index (χ1v) is 9.81. The number of allylic oxidation sites excluding steroid dienone is 1. The van der Waals surface area contributed by atoms with E-state index in [1.165, 1.54) is 4.90 Å². The molecule has 2 unspecified atom stereocenters. The van der Waals surface area contributed by atoms with Gasteiger partial charge in [-0.05, 0) is 55.4 Å². The molecule has 0 bridgehead atoms. The number of ether oxygens (including phenoxy) is 1. The van der Waals surface area contributed by atoms with Crippen molar-refractivity contribution in [1.29, 1.82) is 0 Å². The highest BCUT2D eigenvalue weighted by atomic mass is 19.1. The van der Waals surface area contributed by atoms with Crippen molar-refractivity contribution in [3.8, 4) is 0 Å². The first-order chi connectivity index (χ1) is 13.9. The highest BCUT2D eigenvalue weighted by Crippen LogP contribution is 2.25. The van der Waals surface area contributed by atoms with Crippen LogP contribution in [-0.4, -0.2) is 29.5 Å². The van der Waals surface area contributed by atoms with Crippen LogP contribution in [0.4, 0.5) is 9.18 Å². The van der Waals surface area contributed by atoms with E-state index in [0.29, 0.717) is 30.4 Å². The van der Waals surface area contributed by atoms with Crippen molar-refractivity contribution < 1.29 is 18.7 Å². The summed E-state index contributed by atoms with van der Waals surface area (Å²) < 4.78 is 19.2. The van der Waals surface area contributed by atoms with Gasteiger partial charge in [0.1, 0.15) is 12.4 Å². The third kappa shape index (κ3) is 4.73. The second-order valence-electron chi connectivity index (χ2n) is 7.60. The number of carbonyl (C=O) groups is 2. The summed E-state index contributed by atoms with van der Waals surface area (Å²) in [4.78, 5) is 26.9. The van der Waals surface area contributed by atoms with Gasteiger partial charge in [-0.3, -0.25) is 4.79 Å². The van der Waals surface area contributed by atoms with Crippen LogP contribution in [0, 0.1) is 25.6 Å². The van der Waals surface area contributed by atoms with E-state index >= 15 is 0 Å². The van der Waals surface area contributed by atoms with Gasteiger partial charge in [0.2, 0.25) is 5.91 Å². The molecule has 0 aromatic heterocycles. The maximum Gasteiger partial charge on any atom is 0.416 e. The molecule has 0 spiro atoms. The Bertz CT molecular complexity index is 887. The average molecular weight is 395 g/mol. The number of amides is 2. The number of halogens is 1. The number of hydrogen-bond acceptors (Lipinski definition) is 3. The van der Waals surface area contributed by atoms with Crippen molar-refractivity contribution in [3.63, 3.8) is 0 Å². The second kappa shape index (κ2) is 9.03. The third-order valence-electron chi connectivity index (χ3n) is 5.29. The maximum atomic E-state index is 14.0. The number of aryl methyl sites for hydroxylation is 2. The van der Waals surface area contributed by atoms with Crippen LogP contribution in [0.15, 0.2) is 55.1 Å². The summed E-state index contributed by atoms with van der Waals surface area (Å²) in [6.45, 7) is 7.37. The molecule has 5 heteroatoms. The zero-order chi connectivity index (χ0) is 21.0. The number of nitrogens with zero attached hydrogens (tertiary/aromatic N) is 1. The van der Waals surface area contributed by atoms with Crippen molar-refractivity contribution in [1.82, 2.24) is 4.90 Å². The van der Waals surface area contributed by atoms with E-state index in [2.05, 4.69) is 6.58 Å². The number of cyclic esters (lactones) is 1. The summed E-state index contributed by atoms with van der Waals surface area (Å²) >= 11 is 0. The first-order valence-electron chi connectivity index (χ1n) is 9.81. The van der Waals surface area contributed by atoms with Crippen molar-refractivity contribution in [3.05, 3.63) is 83.2 Å². The Labute approximate surface area is 171 Å². The van der Waals surface area contributed by atoms with Crippen molar-refractivity contribution in [2.24, 2.45) is 5.92 Å². The highest BCUT2D eigenvalue weighted by molar-refractivity contribution is 5.95. The van der Waals surface area contributed by atoms with E-state index in [1.54, 1.807) is 32.1 Å². The summed E-state index contributed by atoms with van der Waals surface area (Å²) in [6.07, 6.45) is 2.47. The monoisotopic (exact) mass is 395 g/mol. The Morgan fingerprint density at radius 3 is 2.52 bits per heavy atom. The Hall–Kier alpha value is -2.95. The third-order valence-corrected chi connectivity index (χ3v) is 5.29. The molecule has 2 atom stereocenters. The van der Waals surface area contributed by atoms with E-state index in [9.17, 15) is 14.0 Å². The molecule has 0 saturated carbocycles. The standard InChI is InChI=1S/C24H26FNO3/c1-4-8-20(13-19-11-16(2)22(25)17(3)12-19)23(27)26-21(15-29-24(26)28)14-18-9-6-5-7-10-18/h4-7,9-12,20-21H,1,8,13-15H2,2-3H3. The molecule has 2 aromatic carbocycles. The molecule has 0 N–H and O–H groups in total. The predicted octanol–water partition coefficient (Wildman–Crippen LogP) is 4.77. The van der Waals surface area contributed by atoms with Gasteiger partial charge in [0, 0.05) is 5.92 Å². The van der Waals surface area contributed by atoms with Gasteiger partial charge in [0.15, 0.2) is 0 Å². The van der Waals surface area contributed by atoms with Crippen LogP contribution < -0.4 is 0 Å². The Morgan fingerprint density at radius 2 is 1.90 bits per heavy atom. The fourth-order valence-electron chi connectivity index (χ4n) is 3.87. The van der Waals surface area contributed by atoms with Crippen LogP contribution in [0.5, 0.6) is 0 Å². The van der Waals surface area contributed by atoms with Gasteiger partial charge in [0.25, 0.3) is 0 Å². The SMILES string of the molecule is C=CCC(Cc1cc(C)c(F)c(C)c1)C(=O)N1C(=O)OCC1Cc1ccccc1. The van der Waals surface area contributed by atoms with Gasteiger partial charge in [-0.15, -0.1) is 6.58 Å². The Morgan fingerprint density at radius 1 is 1.24 bits per heavy atom. The van der Waals surface area contributed by atoms with Gasteiger partial charge < -0.3 is 4.74 Å². The lowest BCUT2D eigenvalue weighted by Crippen LogP contribution is -2.44. The second-order valence-corrected chi connectivity index (χ2v) is 7.60. The molecule has 152 valence electrons. The molecule has 1 fully saturated rings. The summed E-state index contributed by atoms with van der Waals surface area (Å²) in [7, 11) is 0. The topological polar surface area (TPSA) is 46.6 Å². The molecule has 1 aliphatic heterocycles. The molecule has 29 heavy (non-hydrogen) atoms. The fraction of sp³-hybridized carbons (Fsp3) is 0.333. The normalized spacial score (nSPS) is 17.1. The lowest BCUT2D eigenvalue weighted by molar-refractivity contribution is -0.133. The molecular formula is C24H26FNO3. The summed E-state index contributed by atoms with van der Waals surface area (Å²) in [6, 6.07) is 12.9. The lowest BCUT2D eigenvalue weighted by Gasteiger charge is -2.25. The molecule has 2 amide bonds. The largest absolute Gasteiger partial charge is 0.447 e. The Balaban J connectivity index is 1.81. The van der Waals surface area contributed by atoms with Gasteiger partial charge in [-0.1, -0.05) is 48.5 Å². The van der Waals surface area contributed by atoms with Gasteiger partial charge >= 0.3 is 6.09 Å². The quantitative estimate of drug-likeness (QED) is 0.635. The van der Waals surface area contributed by atoms with E-state index in [1.807, 2.05) is 30.3 Å². The number of hydrogen-bond donors (Lipinski definition) is 0. The molecule has 0 aliphatic carbocycles. The minimum Gasteiger partial charge on any atom is -0.447 e. The number of benzene rings is 2. The van der Waals surface area contributed by atoms with E-state index < -0.39 is 12.0 Å². The van der Waals surface area contributed by atoms with Crippen LogP contribution in [0.2, 0.25) is 0 Å². The molecule has 0 radical (unpaired) electrons. The van der Waals surface area contributed by atoms with E-state index in [0.717, 1.165) is 11.1 Å². The van der Waals surface area contributed by atoms with Crippen molar-refractivity contribution >= 4 is 12.0 Å². The highest BCUT2D eigenvalue weighted by Gasteiger charge is 2.40.